The number of rotatable bonds is 4. The summed E-state index contributed by atoms with van der Waals surface area (Å²) in [7, 11) is -4.57. The first-order valence-electron chi connectivity index (χ1n) is 7.62. The second-order valence-corrected chi connectivity index (χ2v) is 7.15. The number of aryl methyl sites for hydroxylation is 1. The fourth-order valence-electron chi connectivity index (χ4n) is 2.57. The summed E-state index contributed by atoms with van der Waals surface area (Å²) in [6.07, 6.45) is 0. The van der Waals surface area contributed by atoms with Crippen molar-refractivity contribution in [3.05, 3.63) is 59.7 Å². The summed E-state index contributed by atoms with van der Waals surface area (Å²) in [5.74, 6) is -2.56. The molecule has 0 spiro atoms. The second kappa shape index (κ2) is 6.78. The van der Waals surface area contributed by atoms with Crippen LogP contribution in [0.25, 0.3) is 10.8 Å². The van der Waals surface area contributed by atoms with Crippen molar-refractivity contribution >= 4 is 38.2 Å². The zero-order valence-corrected chi connectivity index (χ0v) is 14.7. The van der Waals surface area contributed by atoms with Crippen LogP contribution in [0.1, 0.15) is 15.9 Å². The molecule has 1 N–H and O–H groups in total. The molecule has 3 rings (SSSR count). The minimum absolute atomic E-state index is 0.189. The molecule has 0 saturated carbocycles. The van der Waals surface area contributed by atoms with Crippen molar-refractivity contribution in [1.82, 2.24) is 0 Å². The van der Waals surface area contributed by atoms with Crippen LogP contribution in [0.4, 0.5) is 11.4 Å². The van der Waals surface area contributed by atoms with Crippen molar-refractivity contribution < 1.29 is 28.0 Å². The highest BCUT2D eigenvalue weighted by molar-refractivity contribution is 7.86. The Hall–Kier alpha value is -3.30. The molecule has 138 valence electrons. The van der Waals surface area contributed by atoms with Crippen LogP contribution in [-0.2, 0) is 10.1 Å². The molecule has 0 amide bonds. The van der Waals surface area contributed by atoms with E-state index in [-0.39, 0.29) is 11.4 Å². The van der Waals surface area contributed by atoms with E-state index in [1.807, 2.05) is 0 Å². The Kier molecular flexibility index (Phi) is 4.64. The molecule has 0 unspecified atom stereocenters. The summed E-state index contributed by atoms with van der Waals surface area (Å²) in [5.41, 5.74) is -0.475. The SMILES string of the molecule is Cc1ccc(N=Nc2c([O-])c(C(=O)[O-])cc3ccccc23)c(S(=O)(=O)O)c1. The zero-order chi connectivity index (χ0) is 19.8. The predicted octanol–water partition coefficient (Wildman–Crippen LogP) is 2.25. The lowest BCUT2D eigenvalue weighted by molar-refractivity contribution is -0.275. The van der Waals surface area contributed by atoms with Gasteiger partial charge in [-0.25, -0.2) is 0 Å². The van der Waals surface area contributed by atoms with Crippen LogP contribution in [0.15, 0.2) is 63.7 Å². The molecule has 0 atom stereocenters. The van der Waals surface area contributed by atoms with Gasteiger partial charge in [0.1, 0.15) is 10.6 Å². The topological polar surface area (TPSA) is 142 Å². The number of carbonyl (C=O) groups excluding carboxylic acids is 1. The van der Waals surface area contributed by atoms with Crippen LogP contribution < -0.4 is 10.2 Å². The maximum Gasteiger partial charge on any atom is 0.296 e. The van der Waals surface area contributed by atoms with Gasteiger partial charge in [-0.3, -0.25) is 4.55 Å². The number of fused-ring (bicyclic) bond motifs is 1. The largest absolute Gasteiger partial charge is 0.871 e. The number of benzene rings is 3. The molecule has 0 heterocycles. The third-order valence-electron chi connectivity index (χ3n) is 3.85. The van der Waals surface area contributed by atoms with Crippen LogP contribution in [-0.4, -0.2) is 18.9 Å². The van der Waals surface area contributed by atoms with Gasteiger partial charge in [0.2, 0.25) is 0 Å². The molecule has 0 saturated heterocycles. The van der Waals surface area contributed by atoms with Gasteiger partial charge in [0.15, 0.2) is 0 Å². The maximum absolute atomic E-state index is 12.4. The van der Waals surface area contributed by atoms with E-state index in [4.69, 9.17) is 0 Å². The fourth-order valence-corrected chi connectivity index (χ4v) is 3.28. The molecule has 0 aromatic heterocycles. The first kappa shape index (κ1) is 18.5. The van der Waals surface area contributed by atoms with E-state index < -0.39 is 32.3 Å². The van der Waals surface area contributed by atoms with Crippen LogP contribution in [0.5, 0.6) is 5.75 Å². The Morgan fingerprint density at radius 2 is 1.78 bits per heavy atom. The normalized spacial score (nSPS) is 11.9. The first-order chi connectivity index (χ1) is 12.7. The number of carbonyl (C=O) groups is 1. The lowest BCUT2D eigenvalue weighted by Gasteiger charge is -2.18. The number of carboxylic acid groups (broad SMARTS) is 1. The number of aromatic carboxylic acids is 1. The molecule has 3 aromatic rings. The van der Waals surface area contributed by atoms with E-state index in [9.17, 15) is 28.0 Å². The smallest absolute Gasteiger partial charge is 0.296 e. The lowest BCUT2D eigenvalue weighted by atomic mass is 10.0. The summed E-state index contributed by atoms with van der Waals surface area (Å²) >= 11 is 0. The van der Waals surface area contributed by atoms with Crippen molar-refractivity contribution in [2.45, 2.75) is 11.8 Å². The van der Waals surface area contributed by atoms with Crippen molar-refractivity contribution in [2.24, 2.45) is 10.2 Å². The van der Waals surface area contributed by atoms with E-state index in [2.05, 4.69) is 10.2 Å². The van der Waals surface area contributed by atoms with Crippen molar-refractivity contribution in [3.63, 3.8) is 0 Å². The molecule has 0 aliphatic heterocycles. The van der Waals surface area contributed by atoms with Gasteiger partial charge in [0, 0.05) is 5.39 Å². The van der Waals surface area contributed by atoms with Gasteiger partial charge in [0.25, 0.3) is 10.1 Å². The Labute approximate surface area is 154 Å². The number of nitrogens with zero attached hydrogens (tertiary/aromatic N) is 2. The molecule has 0 aliphatic carbocycles. The standard InChI is InChI=1S/C18H14N2O6S/c1-10-6-7-14(15(8-10)27(24,25)26)19-20-16-12-5-3-2-4-11(12)9-13(17(16)21)18(22)23/h2-9,21H,1H3,(H,22,23)(H,24,25,26)/p-2. The lowest BCUT2D eigenvalue weighted by Crippen LogP contribution is -2.23. The minimum Gasteiger partial charge on any atom is -0.871 e. The molecule has 0 radical (unpaired) electrons. The van der Waals surface area contributed by atoms with Crippen LogP contribution in [0.3, 0.4) is 0 Å². The molecule has 3 aromatic carbocycles. The van der Waals surface area contributed by atoms with Gasteiger partial charge in [0.05, 0.1) is 11.7 Å². The summed E-state index contributed by atoms with van der Waals surface area (Å²) in [4.78, 5) is 10.7. The van der Waals surface area contributed by atoms with Gasteiger partial charge < -0.3 is 15.0 Å². The summed E-state index contributed by atoms with van der Waals surface area (Å²) < 4.78 is 32.4. The van der Waals surface area contributed by atoms with E-state index in [1.165, 1.54) is 18.2 Å². The number of hydrogen-bond acceptors (Lipinski definition) is 7. The zero-order valence-electron chi connectivity index (χ0n) is 13.9. The monoisotopic (exact) mass is 384 g/mol. The Balaban J connectivity index is 2.24. The highest BCUT2D eigenvalue weighted by atomic mass is 32.2. The van der Waals surface area contributed by atoms with Gasteiger partial charge in [-0.15, -0.1) is 5.11 Å². The first-order valence-corrected chi connectivity index (χ1v) is 9.06. The van der Waals surface area contributed by atoms with E-state index in [0.717, 1.165) is 0 Å². The molecule has 27 heavy (non-hydrogen) atoms. The number of carboxylic acids is 1. The Morgan fingerprint density at radius 1 is 1.07 bits per heavy atom. The van der Waals surface area contributed by atoms with Crippen molar-refractivity contribution in [2.75, 3.05) is 0 Å². The highest BCUT2D eigenvalue weighted by Gasteiger charge is 2.16. The Morgan fingerprint density at radius 3 is 2.44 bits per heavy atom. The average Bonchev–Trinajstić information content (AvgIpc) is 2.60. The average molecular weight is 384 g/mol. The molecule has 0 fully saturated rings. The minimum atomic E-state index is -4.57. The van der Waals surface area contributed by atoms with Gasteiger partial charge in [-0.05, 0) is 41.6 Å². The predicted molar refractivity (Wildman–Crippen MR) is 92.9 cm³/mol. The quantitative estimate of drug-likeness (QED) is 0.540. The van der Waals surface area contributed by atoms with E-state index in [1.54, 1.807) is 37.3 Å². The van der Waals surface area contributed by atoms with Crippen LogP contribution in [0, 0.1) is 6.92 Å². The van der Waals surface area contributed by atoms with Gasteiger partial charge >= 0.3 is 0 Å². The number of hydrogen-bond donors (Lipinski definition) is 1. The second-order valence-electron chi connectivity index (χ2n) is 5.76. The van der Waals surface area contributed by atoms with Crippen LogP contribution >= 0.6 is 0 Å². The summed E-state index contributed by atoms with van der Waals surface area (Å²) in [6, 6.07) is 11.7. The molecular formula is C18H12N2O6S-2. The molecule has 8 nitrogen and oxygen atoms in total. The molecule has 0 aliphatic rings. The Bertz CT molecular complexity index is 1200. The third kappa shape index (κ3) is 3.64. The van der Waals surface area contributed by atoms with Crippen molar-refractivity contribution in [3.8, 4) is 5.75 Å². The van der Waals surface area contributed by atoms with E-state index in [0.29, 0.717) is 16.3 Å². The van der Waals surface area contributed by atoms with E-state index >= 15 is 0 Å². The molecule has 9 heteroatoms. The molecular weight excluding hydrogens is 372 g/mol. The third-order valence-corrected chi connectivity index (χ3v) is 4.73. The maximum atomic E-state index is 12.4. The summed E-state index contributed by atoms with van der Waals surface area (Å²) in [6.45, 7) is 1.63. The van der Waals surface area contributed by atoms with Crippen LogP contribution in [0.2, 0.25) is 0 Å². The number of azo groups is 1. The van der Waals surface area contributed by atoms with Gasteiger partial charge in [-0.1, -0.05) is 36.1 Å². The molecule has 0 bridgehead atoms. The summed E-state index contributed by atoms with van der Waals surface area (Å²) in [5, 5.41) is 32.0. The fraction of sp³-hybridized carbons (Fsp3) is 0.0556. The van der Waals surface area contributed by atoms with Crippen molar-refractivity contribution in [1.29, 1.82) is 0 Å². The highest BCUT2D eigenvalue weighted by Crippen LogP contribution is 2.38. The van der Waals surface area contributed by atoms with Gasteiger partial charge in [-0.2, -0.15) is 13.5 Å².